The average Bonchev–Trinajstić information content (AvgIpc) is 2.78. The summed E-state index contributed by atoms with van der Waals surface area (Å²) in [7, 11) is 0. The van der Waals surface area contributed by atoms with Crippen LogP contribution in [0.15, 0.2) is 0 Å². The molecule has 0 bridgehead atoms. The summed E-state index contributed by atoms with van der Waals surface area (Å²) in [6.45, 7) is 18.9. The van der Waals surface area contributed by atoms with Crippen LogP contribution in [0.1, 0.15) is 67.2 Å². The van der Waals surface area contributed by atoms with Gasteiger partial charge in [0.1, 0.15) is 12.3 Å². The smallest absolute Gasteiger partial charge is 0.126 e. The van der Waals surface area contributed by atoms with Crippen molar-refractivity contribution in [3.63, 3.8) is 0 Å². The van der Waals surface area contributed by atoms with Gasteiger partial charge in [0.15, 0.2) is 0 Å². The van der Waals surface area contributed by atoms with Gasteiger partial charge in [0, 0.05) is 39.6 Å². The van der Waals surface area contributed by atoms with Gasteiger partial charge in [-0.3, -0.25) is 0 Å². The number of alkyl halides is 2. The molecule has 0 aromatic carbocycles. The Bertz CT molecular complexity index is 334. The van der Waals surface area contributed by atoms with E-state index in [2.05, 4.69) is 27.7 Å². The maximum Gasteiger partial charge on any atom is 0.126 e. The van der Waals surface area contributed by atoms with Crippen LogP contribution >= 0.6 is 0 Å². The van der Waals surface area contributed by atoms with E-state index in [1.165, 1.54) is 12.8 Å². The maximum absolute atomic E-state index is 12.5. The van der Waals surface area contributed by atoms with Gasteiger partial charge in [-0.15, -0.1) is 0 Å². The van der Waals surface area contributed by atoms with Crippen molar-refractivity contribution >= 4 is 0 Å². The van der Waals surface area contributed by atoms with Gasteiger partial charge in [0.2, 0.25) is 0 Å². The predicted molar refractivity (Wildman–Crippen MR) is 127 cm³/mol. The van der Waals surface area contributed by atoms with Crippen molar-refractivity contribution in [1.29, 1.82) is 0 Å². The normalized spacial score (nSPS) is 39.8. The molecule has 4 rings (SSSR count). The first-order valence-electron chi connectivity index (χ1n) is 12.8. The molecule has 4 saturated heterocycles. The van der Waals surface area contributed by atoms with Crippen LogP contribution in [-0.2, 0) is 18.9 Å². The summed E-state index contributed by atoms with van der Waals surface area (Å²) in [5.41, 5.74) is 0. The van der Waals surface area contributed by atoms with Gasteiger partial charge in [-0.25, -0.2) is 8.78 Å². The highest BCUT2D eigenvalue weighted by atomic mass is 19.1. The molecule has 4 fully saturated rings. The Kier molecular flexibility index (Phi) is 16.0. The van der Waals surface area contributed by atoms with Crippen LogP contribution in [0.5, 0.6) is 0 Å². The molecule has 0 aromatic heterocycles. The molecular formula is C26H50F2O4. The van der Waals surface area contributed by atoms with Gasteiger partial charge in [-0.05, 0) is 61.2 Å². The summed E-state index contributed by atoms with van der Waals surface area (Å²) >= 11 is 0. The van der Waals surface area contributed by atoms with Crippen LogP contribution in [0.3, 0.4) is 0 Å². The van der Waals surface area contributed by atoms with Crippen LogP contribution in [0.2, 0.25) is 0 Å². The zero-order valence-electron chi connectivity index (χ0n) is 21.5. The molecule has 0 spiro atoms. The summed E-state index contributed by atoms with van der Waals surface area (Å²) in [5.74, 6) is 3.74. The molecule has 0 aliphatic carbocycles. The third-order valence-corrected chi connectivity index (χ3v) is 7.36. The van der Waals surface area contributed by atoms with Crippen LogP contribution in [0, 0.1) is 35.5 Å². The Hall–Kier alpha value is -0.300. The summed E-state index contributed by atoms with van der Waals surface area (Å²) < 4.78 is 45.2. The second kappa shape index (κ2) is 17.2. The fraction of sp³-hybridized carbons (Fsp3) is 1.00. The molecule has 0 radical (unpaired) electrons. The molecule has 0 amide bonds. The molecule has 4 aliphatic rings. The van der Waals surface area contributed by atoms with E-state index in [1.807, 2.05) is 13.8 Å². The zero-order chi connectivity index (χ0) is 23.9. The van der Waals surface area contributed by atoms with E-state index in [0.717, 1.165) is 76.2 Å². The van der Waals surface area contributed by atoms with E-state index in [-0.39, 0.29) is 11.8 Å². The second-order valence-corrected chi connectivity index (χ2v) is 10.4. The van der Waals surface area contributed by atoms with Gasteiger partial charge in [-0.1, -0.05) is 41.5 Å². The van der Waals surface area contributed by atoms with Gasteiger partial charge < -0.3 is 18.9 Å². The molecule has 4 aliphatic heterocycles. The highest BCUT2D eigenvalue weighted by Crippen LogP contribution is 2.20. The predicted octanol–water partition coefficient (Wildman–Crippen LogP) is 6.12. The molecule has 0 saturated carbocycles. The van der Waals surface area contributed by atoms with Crippen LogP contribution in [0.4, 0.5) is 8.78 Å². The van der Waals surface area contributed by atoms with E-state index < -0.39 is 12.3 Å². The highest BCUT2D eigenvalue weighted by Gasteiger charge is 2.21. The van der Waals surface area contributed by atoms with Crippen molar-refractivity contribution in [2.45, 2.75) is 79.6 Å². The van der Waals surface area contributed by atoms with Crippen molar-refractivity contribution < 1.29 is 27.7 Å². The Morgan fingerprint density at radius 1 is 0.406 bits per heavy atom. The van der Waals surface area contributed by atoms with Crippen molar-refractivity contribution in [3.8, 4) is 0 Å². The van der Waals surface area contributed by atoms with Gasteiger partial charge in [0.25, 0.3) is 0 Å². The summed E-state index contributed by atoms with van der Waals surface area (Å²) in [6.07, 6.45) is 2.82. The number of halogens is 2. The average molecular weight is 465 g/mol. The van der Waals surface area contributed by atoms with Crippen molar-refractivity contribution in [2.75, 3.05) is 52.9 Å². The third-order valence-electron chi connectivity index (χ3n) is 7.36. The summed E-state index contributed by atoms with van der Waals surface area (Å²) in [6, 6.07) is 0. The van der Waals surface area contributed by atoms with Crippen LogP contribution < -0.4 is 0 Å². The molecule has 8 unspecified atom stereocenters. The maximum atomic E-state index is 12.5. The lowest BCUT2D eigenvalue weighted by Gasteiger charge is -2.24. The minimum atomic E-state index is -0.719. The SMILES string of the molecule is CC1CCOCC1C.CC1CCOCC1C.CC1CCOCC1F.CC1CCOCC1F. The van der Waals surface area contributed by atoms with E-state index >= 15 is 0 Å². The first kappa shape index (κ1) is 29.7. The Balaban J connectivity index is 0.000000213. The van der Waals surface area contributed by atoms with Crippen molar-refractivity contribution in [1.82, 2.24) is 0 Å². The van der Waals surface area contributed by atoms with Gasteiger partial charge >= 0.3 is 0 Å². The van der Waals surface area contributed by atoms with Crippen molar-refractivity contribution in [2.24, 2.45) is 35.5 Å². The lowest BCUT2D eigenvalue weighted by molar-refractivity contribution is 0.00450. The Morgan fingerprint density at radius 3 is 0.844 bits per heavy atom. The van der Waals surface area contributed by atoms with E-state index in [1.54, 1.807) is 0 Å². The molecule has 8 atom stereocenters. The van der Waals surface area contributed by atoms with Crippen LogP contribution in [-0.4, -0.2) is 65.2 Å². The monoisotopic (exact) mass is 464 g/mol. The first-order chi connectivity index (χ1) is 15.2. The van der Waals surface area contributed by atoms with Crippen LogP contribution in [0.25, 0.3) is 0 Å². The largest absolute Gasteiger partial charge is 0.381 e. The molecule has 0 aromatic rings. The minimum absolute atomic E-state index is 0.212. The lowest BCUT2D eigenvalue weighted by Crippen LogP contribution is -2.26. The van der Waals surface area contributed by atoms with Crippen molar-refractivity contribution in [3.05, 3.63) is 0 Å². The number of rotatable bonds is 0. The minimum Gasteiger partial charge on any atom is -0.381 e. The quantitative estimate of drug-likeness (QED) is 0.433. The molecular weight excluding hydrogens is 414 g/mol. The Labute approximate surface area is 196 Å². The highest BCUT2D eigenvalue weighted by molar-refractivity contribution is 4.68. The fourth-order valence-electron chi connectivity index (χ4n) is 3.59. The molecule has 4 nitrogen and oxygen atoms in total. The second-order valence-electron chi connectivity index (χ2n) is 10.4. The first-order valence-corrected chi connectivity index (χ1v) is 12.8. The molecule has 192 valence electrons. The Morgan fingerprint density at radius 2 is 0.688 bits per heavy atom. The molecule has 6 heteroatoms. The summed E-state index contributed by atoms with van der Waals surface area (Å²) in [5, 5.41) is 0. The number of hydrogen-bond acceptors (Lipinski definition) is 4. The fourth-order valence-corrected chi connectivity index (χ4v) is 3.59. The number of hydrogen-bond donors (Lipinski definition) is 0. The lowest BCUT2D eigenvalue weighted by atomic mass is 9.92. The van der Waals surface area contributed by atoms with E-state index in [0.29, 0.717) is 13.2 Å². The molecule has 0 N–H and O–H groups in total. The number of ether oxygens (including phenoxy) is 4. The summed E-state index contributed by atoms with van der Waals surface area (Å²) in [4.78, 5) is 0. The molecule has 4 heterocycles. The van der Waals surface area contributed by atoms with E-state index in [9.17, 15) is 8.78 Å². The third kappa shape index (κ3) is 12.8. The van der Waals surface area contributed by atoms with Gasteiger partial charge in [-0.2, -0.15) is 0 Å². The topological polar surface area (TPSA) is 36.9 Å². The zero-order valence-corrected chi connectivity index (χ0v) is 21.5. The molecule has 32 heavy (non-hydrogen) atoms. The van der Waals surface area contributed by atoms with Gasteiger partial charge in [0.05, 0.1) is 13.2 Å². The van der Waals surface area contributed by atoms with E-state index in [4.69, 9.17) is 18.9 Å². The standard InChI is InChI=1S/2C7H14O.2C6H11FO/c2*1-6-3-4-8-5-7(6)2;2*1-5-2-3-8-4-6(5)7/h2*6-7H,3-5H2,1-2H3;2*5-6H,2-4H2,1H3.